The Bertz CT molecular complexity index is 1170. The average Bonchev–Trinajstić information content (AvgIpc) is 3.01. The van der Waals surface area contributed by atoms with Crippen LogP contribution in [-0.2, 0) is 28.3 Å². The van der Waals surface area contributed by atoms with Gasteiger partial charge in [-0.15, -0.1) is 0 Å². The lowest BCUT2D eigenvalue weighted by Crippen LogP contribution is -2.44. The molecule has 5 rings (SSSR count). The highest BCUT2D eigenvalue weighted by Gasteiger charge is 2.45. The molecule has 0 amide bonds. The number of pyridine rings is 2. The fourth-order valence-electron chi connectivity index (χ4n) is 3.93. The number of carbonyl (C=O) groups is 1. The highest BCUT2D eigenvalue weighted by atomic mass is 31.0. The number of aliphatic hydroxyl groups is 1. The van der Waals surface area contributed by atoms with Crippen molar-refractivity contribution in [2.45, 2.75) is 32.1 Å². The van der Waals surface area contributed by atoms with Crippen molar-refractivity contribution in [3.05, 3.63) is 63.4 Å². The first-order valence-electron chi connectivity index (χ1n) is 8.59. The van der Waals surface area contributed by atoms with Gasteiger partial charge in [0.05, 0.1) is 29.0 Å². The van der Waals surface area contributed by atoms with Crippen LogP contribution in [0.2, 0.25) is 0 Å². The van der Waals surface area contributed by atoms with Crippen molar-refractivity contribution >= 4 is 26.8 Å². The monoisotopic (exact) mass is 382 g/mol. The molecular formula is C20H19N2O4P. The van der Waals surface area contributed by atoms with Gasteiger partial charge in [0.25, 0.3) is 5.56 Å². The summed E-state index contributed by atoms with van der Waals surface area (Å²) >= 11 is 0. The van der Waals surface area contributed by atoms with Crippen LogP contribution in [0.4, 0.5) is 0 Å². The van der Waals surface area contributed by atoms with Gasteiger partial charge < -0.3 is 14.4 Å². The lowest BCUT2D eigenvalue weighted by atomic mass is 9.86. The zero-order chi connectivity index (χ0) is 18.1. The molecule has 2 unspecified atom stereocenters. The predicted molar refractivity (Wildman–Crippen MR) is 106 cm³/mol. The second-order valence-electron chi connectivity index (χ2n) is 6.79. The quantitative estimate of drug-likeness (QED) is 0.403. The van der Waals surface area contributed by atoms with Gasteiger partial charge in [-0.3, -0.25) is 4.79 Å². The third-order valence-electron chi connectivity index (χ3n) is 5.42. The van der Waals surface area contributed by atoms with Gasteiger partial charge in [-0.1, -0.05) is 25.1 Å². The molecule has 6 nitrogen and oxygen atoms in total. The third-order valence-corrected chi connectivity index (χ3v) is 5.42. The summed E-state index contributed by atoms with van der Waals surface area (Å²) in [6.45, 7) is 2.01. The van der Waals surface area contributed by atoms with Crippen molar-refractivity contribution in [1.82, 2.24) is 9.55 Å². The first-order valence-corrected chi connectivity index (χ1v) is 8.59. The minimum Gasteiger partial charge on any atom is -0.458 e. The zero-order valence-electron chi connectivity index (χ0n) is 14.9. The fourth-order valence-corrected chi connectivity index (χ4v) is 3.93. The summed E-state index contributed by atoms with van der Waals surface area (Å²) in [5.41, 5.74) is 1.81. The molecule has 0 fully saturated rings. The molecule has 0 saturated heterocycles. The first kappa shape index (κ1) is 17.8. The van der Waals surface area contributed by atoms with E-state index in [1.807, 2.05) is 30.3 Å². The average molecular weight is 382 g/mol. The molecule has 27 heavy (non-hydrogen) atoms. The van der Waals surface area contributed by atoms with E-state index in [1.165, 1.54) is 0 Å². The summed E-state index contributed by atoms with van der Waals surface area (Å²) in [5.74, 6) is -0.707. The maximum absolute atomic E-state index is 13.0. The molecule has 7 heteroatoms. The van der Waals surface area contributed by atoms with E-state index in [0.717, 1.165) is 22.2 Å². The van der Waals surface area contributed by atoms with Crippen LogP contribution in [-0.4, -0.2) is 20.6 Å². The van der Waals surface area contributed by atoms with Gasteiger partial charge in [0, 0.05) is 16.5 Å². The summed E-state index contributed by atoms with van der Waals surface area (Å²) in [5, 5.41) is 11.8. The van der Waals surface area contributed by atoms with Crippen LogP contribution in [0.1, 0.15) is 30.0 Å². The Balaban J connectivity index is 0.00000180. The van der Waals surface area contributed by atoms with Crippen molar-refractivity contribution in [2.24, 2.45) is 0 Å². The maximum Gasteiger partial charge on any atom is 0.343 e. The second-order valence-corrected chi connectivity index (χ2v) is 6.79. The fraction of sp³-hybridized carbons (Fsp3) is 0.250. The van der Waals surface area contributed by atoms with Gasteiger partial charge in [0.2, 0.25) is 0 Å². The number of ether oxygens (including phenoxy) is 1. The number of para-hydroxylation sites is 1. The first-order chi connectivity index (χ1) is 12.5. The van der Waals surface area contributed by atoms with Gasteiger partial charge >= 0.3 is 5.97 Å². The summed E-state index contributed by atoms with van der Waals surface area (Å²) in [4.78, 5) is 29.9. The number of cyclic esters (lactones) is 1. The molecule has 1 aromatic carbocycles. The number of benzene rings is 1. The summed E-state index contributed by atoms with van der Waals surface area (Å²) < 4.78 is 6.72. The summed E-state index contributed by atoms with van der Waals surface area (Å²) in [6, 6.07) is 11.6. The normalized spacial score (nSPS) is 19.7. The topological polar surface area (TPSA) is 81.4 Å². The molecule has 138 valence electrons. The lowest BCUT2D eigenvalue weighted by Gasteiger charge is -2.31. The van der Waals surface area contributed by atoms with Crippen molar-refractivity contribution in [3.63, 3.8) is 0 Å². The van der Waals surface area contributed by atoms with Crippen LogP contribution in [0.15, 0.2) is 41.2 Å². The van der Waals surface area contributed by atoms with Crippen LogP contribution < -0.4 is 5.56 Å². The molecule has 0 saturated carbocycles. The van der Waals surface area contributed by atoms with E-state index in [2.05, 4.69) is 0 Å². The number of fused-ring (bicyclic) bond motifs is 5. The second kappa shape index (κ2) is 5.98. The number of nitrogens with zero attached hydrogens (tertiary/aromatic N) is 2. The molecule has 2 atom stereocenters. The van der Waals surface area contributed by atoms with E-state index < -0.39 is 11.6 Å². The van der Waals surface area contributed by atoms with Gasteiger partial charge in [-0.25, -0.2) is 9.78 Å². The van der Waals surface area contributed by atoms with Crippen molar-refractivity contribution in [3.8, 4) is 11.4 Å². The Hall–Kier alpha value is -2.56. The van der Waals surface area contributed by atoms with E-state index in [0.29, 0.717) is 23.4 Å². The zero-order valence-corrected chi connectivity index (χ0v) is 16.3. The number of rotatable bonds is 1. The SMILES string of the molecule is CCC1(O)C(=O)OCc2c1cc1n(c2=O)Cc2cc3ccccc3nc2-1.P. The molecule has 2 aliphatic rings. The lowest BCUT2D eigenvalue weighted by molar-refractivity contribution is -0.172. The Morgan fingerprint density at radius 3 is 2.81 bits per heavy atom. The van der Waals surface area contributed by atoms with E-state index >= 15 is 0 Å². The molecule has 0 bridgehead atoms. The number of esters is 1. The van der Waals surface area contributed by atoms with Gasteiger partial charge in [-0.05, 0) is 24.6 Å². The number of carbonyl (C=O) groups excluding carboxylic acids is 1. The highest BCUT2D eigenvalue weighted by molar-refractivity contribution is 6.92. The van der Waals surface area contributed by atoms with E-state index in [1.54, 1.807) is 17.6 Å². The molecule has 0 radical (unpaired) electrons. The van der Waals surface area contributed by atoms with Crippen molar-refractivity contribution < 1.29 is 14.6 Å². The number of aromatic nitrogens is 2. The smallest absolute Gasteiger partial charge is 0.343 e. The van der Waals surface area contributed by atoms with Gasteiger partial charge in [0.15, 0.2) is 5.60 Å². The number of hydrogen-bond acceptors (Lipinski definition) is 5. The highest BCUT2D eigenvalue weighted by Crippen LogP contribution is 2.38. The predicted octanol–water partition coefficient (Wildman–Crippen LogP) is 2.14. The maximum atomic E-state index is 13.0. The van der Waals surface area contributed by atoms with Crippen molar-refractivity contribution in [2.75, 3.05) is 0 Å². The Kier molecular flexibility index (Phi) is 3.95. The molecule has 0 spiro atoms. The Morgan fingerprint density at radius 2 is 2.04 bits per heavy atom. The minimum absolute atomic E-state index is 0. The molecular weight excluding hydrogens is 363 g/mol. The molecule has 0 aliphatic carbocycles. The molecule has 3 aromatic rings. The molecule has 1 N–H and O–H groups in total. The summed E-state index contributed by atoms with van der Waals surface area (Å²) in [7, 11) is 0. The third kappa shape index (κ3) is 2.30. The van der Waals surface area contributed by atoms with Crippen LogP contribution in [0.5, 0.6) is 0 Å². The van der Waals surface area contributed by atoms with Crippen LogP contribution >= 0.6 is 9.90 Å². The Morgan fingerprint density at radius 1 is 1.26 bits per heavy atom. The van der Waals surface area contributed by atoms with Gasteiger partial charge in [-0.2, -0.15) is 9.90 Å². The van der Waals surface area contributed by atoms with E-state index in [4.69, 9.17) is 9.72 Å². The standard InChI is InChI=1S/C20H16N2O4.H3P/c1-2-20(25)14-8-16-17-12(7-11-5-3-4-6-15(11)21-17)9-22(16)18(23)13(14)10-26-19(20)24;/h3-8,25H,2,9-10H2,1H3;1H3. The molecule has 4 heterocycles. The Labute approximate surface area is 158 Å². The van der Waals surface area contributed by atoms with E-state index in [9.17, 15) is 14.7 Å². The molecule has 2 aliphatic heterocycles. The molecule has 2 aromatic heterocycles. The van der Waals surface area contributed by atoms with Crippen LogP contribution in [0.25, 0.3) is 22.3 Å². The minimum atomic E-state index is -1.79. The van der Waals surface area contributed by atoms with Crippen LogP contribution in [0, 0.1) is 0 Å². The number of hydrogen-bond donors (Lipinski definition) is 1. The van der Waals surface area contributed by atoms with E-state index in [-0.39, 0.29) is 28.5 Å². The summed E-state index contributed by atoms with van der Waals surface area (Å²) in [6.07, 6.45) is 0.139. The van der Waals surface area contributed by atoms with Crippen molar-refractivity contribution in [1.29, 1.82) is 0 Å². The largest absolute Gasteiger partial charge is 0.458 e. The van der Waals surface area contributed by atoms with Crippen LogP contribution in [0.3, 0.4) is 0 Å². The van der Waals surface area contributed by atoms with Gasteiger partial charge in [0.1, 0.15) is 6.61 Å².